The van der Waals surface area contributed by atoms with Crippen LogP contribution in [0.5, 0.6) is 0 Å². The molecule has 21 heavy (non-hydrogen) atoms. The second-order valence-corrected chi connectivity index (χ2v) is 5.69. The summed E-state index contributed by atoms with van der Waals surface area (Å²) in [5.74, 6) is -0.177. The van der Waals surface area contributed by atoms with Gasteiger partial charge in [0.05, 0.1) is 0 Å². The Balaban J connectivity index is 2.41. The molecule has 112 valence electrons. The van der Waals surface area contributed by atoms with Gasteiger partial charge >= 0.3 is 0 Å². The van der Waals surface area contributed by atoms with E-state index in [-0.39, 0.29) is 11.9 Å². The van der Waals surface area contributed by atoms with Crippen LogP contribution in [0.4, 0.5) is 4.39 Å². The van der Waals surface area contributed by atoms with E-state index in [4.69, 9.17) is 0 Å². The van der Waals surface area contributed by atoms with E-state index in [0.29, 0.717) is 5.56 Å². The van der Waals surface area contributed by atoms with Crippen molar-refractivity contribution in [3.8, 4) is 11.1 Å². The van der Waals surface area contributed by atoms with Crippen molar-refractivity contribution in [1.82, 2.24) is 10.2 Å². The summed E-state index contributed by atoms with van der Waals surface area (Å²) in [7, 11) is 5.97. The van der Waals surface area contributed by atoms with Crippen molar-refractivity contribution in [2.75, 3.05) is 21.1 Å². The maximum Gasteiger partial charge on any atom is 0.131 e. The predicted octanol–water partition coefficient (Wildman–Crippen LogP) is 3.83. The van der Waals surface area contributed by atoms with Gasteiger partial charge in [-0.1, -0.05) is 24.3 Å². The van der Waals surface area contributed by atoms with Crippen molar-refractivity contribution in [3.05, 3.63) is 59.4 Å². The minimum Gasteiger partial charge on any atom is -0.313 e. The summed E-state index contributed by atoms with van der Waals surface area (Å²) in [5, 5.41) is 3.19. The number of hydrogen-bond donors (Lipinski definition) is 1. The van der Waals surface area contributed by atoms with E-state index in [0.717, 1.165) is 17.7 Å². The molecule has 2 nitrogen and oxygen atoms in total. The lowest BCUT2D eigenvalue weighted by Gasteiger charge is -2.14. The minimum atomic E-state index is -0.177. The van der Waals surface area contributed by atoms with Crippen LogP contribution in [-0.4, -0.2) is 26.0 Å². The maximum absolute atomic E-state index is 14.2. The highest BCUT2D eigenvalue weighted by Gasteiger charge is 2.10. The normalized spacial score (nSPS) is 12.7. The first-order valence-electron chi connectivity index (χ1n) is 7.22. The van der Waals surface area contributed by atoms with Crippen LogP contribution in [-0.2, 0) is 6.54 Å². The predicted molar refractivity (Wildman–Crippen MR) is 86.7 cm³/mol. The number of benzene rings is 2. The van der Waals surface area contributed by atoms with E-state index >= 15 is 0 Å². The van der Waals surface area contributed by atoms with E-state index < -0.39 is 0 Å². The molecule has 0 aliphatic carbocycles. The largest absolute Gasteiger partial charge is 0.313 e. The first kappa shape index (κ1) is 15.7. The van der Waals surface area contributed by atoms with Gasteiger partial charge in [0, 0.05) is 18.2 Å². The van der Waals surface area contributed by atoms with Gasteiger partial charge in [-0.2, -0.15) is 0 Å². The van der Waals surface area contributed by atoms with Crippen LogP contribution in [0.25, 0.3) is 11.1 Å². The van der Waals surface area contributed by atoms with Crippen molar-refractivity contribution >= 4 is 0 Å². The molecular formula is C18H23FN2. The Kier molecular flexibility index (Phi) is 5.10. The number of rotatable bonds is 5. The standard InChI is InChI=1S/C18H23FN2/c1-13(20-2)15-8-9-18(19)17(11-15)16-7-5-6-14(10-16)12-21(3)4/h5-11,13,20H,12H2,1-4H3. The molecule has 2 aromatic rings. The zero-order chi connectivity index (χ0) is 15.4. The van der Waals surface area contributed by atoms with Gasteiger partial charge in [0.1, 0.15) is 5.82 Å². The van der Waals surface area contributed by atoms with Crippen LogP contribution in [0.15, 0.2) is 42.5 Å². The molecule has 1 atom stereocenters. The third-order valence-corrected chi connectivity index (χ3v) is 3.66. The Morgan fingerprint density at radius 3 is 2.57 bits per heavy atom. The molecule has 0 aromatic heterocycles. The minimum absolute atomic E-state index is 0.177. The van der Waals surface area contributed by atoms with Crippen molar-refractivity contribution < 1.29 is 4.39 Å². The Labute approximate surface area is 126 Å². The molecule has 3 heteroatoms. The first-order chi connectivity index (χ1) is 10.0. The Morgan fingerprint density at radius 1 is 1.14 bits per heavy atom. The second kappa shape index (κ2) is 6.83. The molecule has 0 radical (unpaired) electrons. The lowest BCUT2D eigenvalue weighted by Crippen LogP contribution is -2.12. The number of hydrogen-bond acceptors (Lipinski definition) is 2. The Hall–Kier alpha value is -1.71. The van der Waals surface area contributed by atoms with Gasteiger partial charge in [0.2, 0.25) is 0 Å². The van der Waals surface area contributed by atoms with Crippen LogP contribution in [0.3, 0.4) is 0 Å². The van der Waals surface area contributed by atoms with E-state index in [2.05, 4.69) is 29.3 Å². The van der Waals surface area contributed by atoms with E-state index in [9.17, 15) is 4.39 Å². The SMILES string of the molecule is CNC(C)c1ccc(F)c(-c2cccc(CN(C)C)c2)c1. The summed E-state index contributed by atoms with van der Waals surface area (Å²) in [5.41, 5.74) is 3.86. The molecule has 1 N–H and O–H groups in total. The van der Waals surface area contributed by atoms with Gasteiger partial charge in [-0.15, -0.1) is 0 Å². The molecule has 0 heterocycles. The average molecular weight is 286 g/mol. The summed E-state index contributed by atoms with van der Waals surface area (Å²) < 4.78 is 14.2. The maximum atomic E-state index is 14.2. The average Bonchev–Trinajstić information content (AvgIpc) is 2.46. The van der Waals surface area contributed by atoms with Gasteiger partial charge in [0.15, 0.2) is 0 Å². The van der Waals surface area contributed by atoms with Gasteiger partial charge in [-0.3, -0.25) is 0 Å². The molecule has 0 bridgehead atoms. The summed E-state index contributed by atoms with van der Waals surface area (Å²) in [6.07, 6.45) is 0. The molecule has 2 aromatic carbocycles. The van der Waals surface area contributed by atoms with Crippen LogP contribution in [0, 0.1) is 5.82 Å². The lowest BCUT2D eigenvalue weighted by molar-refractivity contribution is 0.402. The van der Waals surface area contributed by atoms with Gasteiger partial charge in [-0.25, -0.2) is 4.39 Å². The third-order valence-electron chi connectivity index (χ3n) is 3.66. The van der Waals surface area contributed by atoms with Crippen LogP contribution in [0.1, 0.15) is 24.1 Å². The van der Waals surface area contributed by atoms with E-state index in [1.165, 1.54) is 5.56 Å². The summed E-state index contributed by atoms with van der Waals surface area (Å²) in [6.45, 7) is 2.92. The molecular weight excluding hydrogens is 263 g/mol. The second-order valence-electron chi connectivity index (χ2n) is 5.69. The fourth-order valence-corrected chi connectivity index (χ4v) is 2.40. The summed E-state index contributed by atoms with van der Waals surface area (Å²) >= 11 is 0. The van der Waals surface area contributed by atoms with Gasteiger partial charge in [-0.05, 0) is 63.0 Å². The molecule has 0 saturated carbocycles. The molecule has 0 fully saturated rings. The van der Waals surface area contributed by atoms with Crippen molar-refractivity contribution in [1.29, 1.82) is 0 Å². The van der Waals surface area contributed by atoms with Crippen molar-refractivity contribution in [2.45, 2.75) is 19.5 Å². The smallest absolute Gasteiger partial charge is 0.131 e. The topological polar surface area (TPSA) is 15.3 Å². The number of halogens is 1. The lowest BCUT2D eigenvalue weighted by atomic mass is 9.98. The number of nitrogens with one attached hydrogen (secondary N) is 1. The molecule has 2 rings (SSSR count). The van der Waals surface area contributed by atoms with E-state index in [1.807, 2.05) is 45.4 Å². The molecule has 0 spiro atoms. The zero-order valence-corrected chi connectivity index (χ0v) is 13.2. The van der Waals surface area contributed by atoms with Gasteiger partial charge < -0.3 is 10.2 Å². The fraction of sp³-hybridized carbons (Fsp3) is 0.333. The molecule has 0 saturated heterocycles. The van der Waals surface area contributed by atoms with Gasteiger partial charge in [0.25, 0.3) is 0 Å². The molecule has 0 amide bonds. The number of nitrogens with zero attached hydrogens (tertiary/aromatic N) is 1. The monoisotopic (exact) mass is 286 g/mol. The highest BCUT2D eigenvalue weighted by atomic mass is 19.1. The highest BCUT2D eigenvalue weighted by molar-refractivity contribution is 5.66. The molecule has 0 aliphatic rings. The quantitative estimate of drug-likeness (QED) is 0.898. The Morgan fingerprint density at radius 2 is 1.90 bits per heavy atom. The summed E-state index contributed by atoms with van der Waals surface area (Å²) in [6, 6.07) is 13.6. The van der Waals surface area contributed by atoms with Crippen molar-refractivity contribution in [3.63, 3.8) is 0 Å². The van der Waals surface area contributed by atoms with E-state index in [1.54, 1.807) is 6.07 Å². The first-order valence-corrected chi connectivity index (χ1v) is 7.22. The molecule has 0 aliphatic heterocycles. The third kappa shape index (κ3) is 3.90. The van der Waals surface area contributed by atoms with Crippen molar-refractivity contribution in [2.24, 2.45) is 0 Å². The molecule has 1 unspecified atom stereocenters. The zero-order valence-electron chi connectivity index (χ0n) is 13.2. The van der Waals surface area contributed by atoms with Crippen LogP contribution >= 0.6 is 0 Å². The summed E-state index contributed by atoms with van der Waals surface area (Å²) in [4.78, 5) is 2.11. The van der Waals surface area contributed by atoms with Crippen LogP contribution in [0.2, 0.25) is 0 Å². The van der Waals surface area contributed by atoms with Crippen LogP contribution < -0.4 is 5.32 Å². The Bertz CT molecular complexity index is 608. The highest BCUT2D eigenvalue weighted by Crippen LogP contribution is 2.27. The fourth-order valence-electron chi connectivity index (χ4n) is 2.40.